The zero-order valence-corrected chi connectivity index (χ0v) is 41.2. The average Bonchev–Trinajstić information content (AvgIpc) is 3.81. The molecule has 2 amide bonds. The van der Waals surface area contributed by atoms with Crippen molar-refractivity contribution in [3.05, 3.63) is 37.0 Å². The number of aliphatic hydroxyl groups excluding tert-OH is 2. The minimum Gasteiger partial charge on any atom is -0.790 e. The molecule has 380 valence electrons. The summed E-state index contributed by atoms with van der Waals surface area (Å²) < 4.78 is 60.8. The van der Waals surface area contributed by atoms with Crippen LogP contribution in [0.25, 0.3) is 11.2 Å². The van der Waals surface area contributed by atoms with Gasteiger partial charge < -0.3 is 69.0 Å². The van der Waals surface area contributed by atoms with Crippen LogP contribution in [0.2, 0.25) is 0 Å². The first-order valence-electron chi connectivity index (χ1n) is 21.8. The second-order valence-corrected chi connectivity index (χ2v) is 21.4. The van der Waals surface area contributed by atoms with E-state index < -0.39 is 84.6 Å². The van der Waals surface area contributed by atoms with E-state index in [0.717, 1.165) is 73.9 Å². The van der Waals surface area contributed by atoms with E-state index in [1.54, 1.807) is 0 Å². The Hall–Kier alpha value is -2.96. The van der Waals surface area contributed by atoms with Crippen LogP contribution in [0.15, 0.2) is 37.0 Å². The molecule has 0 aliphatic carbocycles. The number of fused-ring (bicyclic) bond motifs is 1. The summed E-state index contributed by atoms with van der Waals surface area (Å²) in [5, 5.41) is 26.4. The van der Waals surface area contributed by atoms with Gasteiger partial charge in [0.1, 0.15) is 36.3 Å². The van der Waals surface area contributed by atoms with E-state index in [1.807, 2.05) is 0 Å². The van der Waals surface area contributed by atoms with Gasteiger partial charge >= 0.3 is 0 Å². The van der Waals surface area contributed by atoms with Gasteiger partial charge in [0, 0.05) is 37.1 Å². The Kier molecular flexibility index (Phi) is 24.9. The number of rotatable bonds is 33. The van der Waals surface area contributed by atoms with Crippen molar-refractivity contribution in [2.75, 3.05) is 37.8 Å². The molecule has 1 aliphatic rings. The van der Waals surface area contributed by atoms with Crippen molar-refractivity contribution in [1.82, 2.24) is 30.2 Å². The molecule has 3 rings (SSSR count). The summed E-state index contributed by atoms with van der Waals surface area (Å²) in [4.78, 5) is 96.8. The quantitative estimate of drug-likeness (QED) is 0.0387. The summed E-state index contributed by atoms with van der Waals surface area (Å²) in [6.07, 6.45) is 13.9. The molecule has 7 atom stereocenters. The minimum atomic E-state index is -5.92. The van der Waals surface area contributed by atoms with Crippen LogP contribution in [0, 0.1) is 5.41 Å². The molecule has 2 unspecified atom stereocenters. The predicted molar refractivity (Wildman–Crippen MR) is 238 cm³/mol. The lowest BCUT2D eigenvalue weighted by molar-refractivity contribution is -0.347. The van der Waals surface area contributed by atoms with Crippen LogP contribution in [0.4, 0.5) is 5.82 Å². The highest BCUT2D eigenvalue weighted by atomic mass is 32.2. The van der Waals surface area contributed by atoms with Gasteiger partial charge in [0.15, 0.2) is 22.8 Å². The number of nitrogen functional groups attached to an aromatic ring is 1. The Labute approximate surface area is 393 Å². The SMILES string of the molecule is CCCCCC/C=C/CCCC/C=C\CCCC(=O)SCCNC(=O)CCNC(=O)[C@H](O)C(C)(C)COP(=O)([O-])OP(=O)([O-])OC[C@H]1O[C@@H](n2cnc3c(N)ncnc32)[C@H](O)[C@@H]1OP(=O)([O-])[O-]. The first-order chi connectivity index (χ1) is 31.6. The molecule has 0 radical (unpaired) electrons. The number of aliphatic hydroxyl groups is 2. The normalized spacial score (nSPS) is 20.3. The lowest BCUT2D eigenvalue weighted by Crippen LogP contribution is -2.46. The van der Waals surface area contributed by atoms with E-state index in [1.165, 1.54) is 39.5 Å². The van der Waals surface area contributed by atoms with Gasteiger partial charge in [-0.3, -0.25) is 28.1 Å². The lowest BCUT2D eigenvalue weighted by Gasteiger charge is -2.36. The number of carbonyl (C=O) groups is 3. The fraction of sp³-hybridized carbons (Fsp3) is 0.692. The Morgan fingerprint density at radius 2 is 1.54 bits per heavy atom. The summed E-state index contributed by atoms with van der Waals surface area (Å²) >= 11 is 1.11. The van der Waals surface area contributed by atoms with Crippen molar-refractivity contribution in [3.63, 3.8) is 0 Å². The molecule has 1 aliphatic heterocycles. The molecule has 1 fully saturated rings. The van der Waals surface area contributed by atoms with Crippen LogP contribution in [-0.4, -0.2) is 103 Å². The van der Waals surface area contributed by atoms with Gasteiger partial charge in [-0.25, -0.2) is 19.3 Å². The summed E-state index contributed by atoms with van der Waals surface area (Å²) in [6.45, 7) is 2.35. The Morgan fingerprint density at radius 1 is 0.910 bits per heavy atom. The molecule has 2 aromatic rings. The second-order valence-electron chi connectivity index (χ2n) is 16.2. The zero-order chi connectivity index (χ0) is 49.7. The molecular weight excluding hydrogens is 963 g/mol. The summed E-state index contributed by atoms with van der Waals surface area (Å²) in [7, 11) is -17.6. The van der Waals surface area contributed by atoms with Crippen LogP contribution in [-0.2, 0) is 50.7 Å². The van der Waals surface area contributed by atoms with Gasteiger partial charge in [-0.2, -0.15) is 0 Å². The number of nitrogens with one attached hydrogen (secondary N) is 2. The average molecular weight is 1030 g/mol. The number of unbranched alkanes of at least 4 members (excludes halogenated alkanes) is 8. The Morgan fingerprint density at radius 3 is 2.18 bits per heavy atom. The highest BCUT2D eigenvalue weighted by molar-refractivity contribution is 8.13. The van der Waals surface area contributed by atoms with Crippen LogP contribution in [0.1, 0.15) is 110 Å². The predicted octanol–water partition coefficient (Wildman–Crippen LogP) is 1.95. The number of phosphoric acid groups is 3. The number of allylic oxidation sites excluding steroid dienone is 4. The second kappa shape index (κ2) is 28.6. The number of amides is 2. The van der Waals surface area contributed by atoms with Crippen LogP contribution < -0.4 is 35.9 Å². The zero-order valence-electron chi connectivity index (χ0n) is 37.7. The van der Waals surface area contributed by atoms with E-state index in [9.17, 15) is 57.9 Å². The number of phosphoric ester groups is 3. The summed E-state index contributed by atoms with van der Waals surface area (Å²) in [5.74, 6) is -1.17. The number of carbonyl (C=O) groups excluding carboxylic acids is 3. The maximum absolute atomic E-state index is 12.6. The van der Waals surface area contributed by atoms with E-state index in [4.69, 9.17) is 10.5 Å². The topological polar surface area (TPSA) is 375 Å². The Bertz CT molecular complexity index is 2090. The monoisotopic (exact) mass is 1030 g/mol. The fourth-order valence-electron chi connectivity index (χ4n) is 6.39. The molecule has 67 heavy (non-hydrogen) atoms. The molecule has 0 aromatic carbocycles. The maximum Gasteiger partial charge on any atom is 0.274 e. The summed E-state index contributed by atoms with van der Waals surface area (Å²) in [5.41, 5.74) is 4.08. The molecule has 1 saturated heterocycles. The van der Waals surface area contributed by atoms with Gasteiger partial charge in [0.25, 0.3) is 15.6 Å². The minimum absolute atomic E-state index is 0.0183. The smallest absolute Gasteiger partial charge is 0.274 e. The van der Waals surface area contributed by atoms with Crippen LogP contribution in [0.5, 0.6) is 0 Å². The van der Waals surface area contributed by atoms with E-state index in [-0.39, 0.29) is 41.6 Å². The van der Waals surface area contributed by atoms with Crippen molar-refractivity contribution in [2.45, 2.75) is 135 Å². The first kappa shape index (κ1) is 58.4. The number of ether oxygens (including phenoxy) is 1. The van der Waals surface area contributed by atoms with Gasteiger partial charge in [0.05, 0.1) is 27.4 Å². The fourth-order valence-corrected chi connectivity index (χ4v) is 9.85. The van der Waals surface area contributed by atoms with Crippen molar-refractivity contribution >= 4 is 69.1 Å². The van der Waals surface area contributed by atoms with Crippen LogP contribution in [0.3, 0.4) is 0 Å². The van der Waals surface area contributed by atoms with Crippen molar-refractivity contribution in [1.29, 1.82) is 0 Å². The largest absolute Gasteiger partial charge is 0.790 e. The molecule has 28 heteroatoms. The summed E-state index contributed by atoms with van der Waals surface area (Å²) in [6, 6.07) is 0. The first-order valence-corrected chi connectivity index (χ1v) is 27.2. The standard InChI is InChI=1S/C39H66N7O17P3S/c1-4-5-6-7-8-9-10-11-12-13-14-15-16-17-18-19-30(48)67-23-22-41-29(47)20-21-42-37(51)34(50)39(2,3)25-60-66(57,58)63-65(55,56)59-24-28-33(62-64(52,53)54)32(49)38(61-28)46-27-45-31-35(40)43-26-44-36(31)46/h9-10,15-16,26-28,32-34,38,49-50H,4-8,11-14,17-25H2,1-3H3,(H,41,47)(H,42,51)(H,55,56)(H,57,58)(H2,40,43,44)(H2,52,53,54)/p-4/b10-9+,16-15-/t28-,32-,33-,34+,38-/m1/s1. The number of hydrogen-bond donors (Lipinski definition) is 5. The molecule has 0 bridgehead atoms. The highest BCUT2D eigenvalue weighted by Gasteiger charge is 2.47. The van der Waals surface area contributed by atoms with Gasteiger partial charge in [-0.15, -0.1) is 0 Å². The number of nitrogens with zero attached hydrogens (tertiary/aromatic N) is 4. The van der Waals surface area contributed by atoms with Crippen molar-refractivity contribution in [2.24, 2.45) is 5.41 Å². The number of thioether (sulfide) groups is 1. The maximum atomic E-state index is 12.6. The number of imidazole rings is 1. The lowest BCUT2D eigenvalue weighted by atomic mass is 9.87. The van der Waals surface area contributed by atoms with Gasteiger partial charge in [0.2, 0.25) is 11.8 Å². The highest BCUT2D eigenvalue weighted by Crippen LogP contribution is 2.56. The molecule has 0 saturated carbocycles. The number of nitrogens with two attached hydrogens (primary N) is 1. The third-order valence-corrected chi connectivity index (χ3v) is 14.0. The molecule has 0 spiro atoms. The van der Waals surface area contributed by atoms with Crippen molar-refractivity contribution in [3.8, 4) is 0 Å². The molecule has 2 aromatic heterocycles. The van der Waals surface area contributed by atoms with E-state index >= 15 is 0 Å². The van der Waals surface area contributed by atoms with Crippen molar-refractivity contribution < 1.29 is 80.5 Å². The molecular formula is C39H62N7O17P3S-4. The number of anilines is 1. The Balaban J connectivity index is 1.31. The molecule has 3 heterocycles. The third-order valence-electron chi connectivity index (χ3n) is 10.0. The third kappa shape index (κ3) is 21.7. The molecule has 24 nitrogen and oxygen atoms in total. The number of aromatic nitrogens is 4. The van der Waals surface area contributed by atoms with E-state index in [0.29, 0.717) is 12.2 Å². The van der Waals surface area contributed by atoms with Gasteiger partial charge in [-0.05, 0) is 51.4 Å². The number of hydrogen-bond acceptors (Lipinski definition) is 22. The van der Waals surface area contributed by atoms with Crippen LogP contribution >= 0.6 is 35.2 Å². The molecule has 6 N–H and O–H groups in total. The van der Waals surface area contributed by atoms with Gasteiger partial charge in [-0.1, -0.05) is 76.1 Å². The van der Waals surface area contributed by atoms with E-state index in [2.05, 4.69) is 74.7 Å².